The van der Waals surface area contributed by atoms with Crippen molar-refractivity contribution in [2.75, 3.05) is 10.6 Å². The van der Waals surface area contributed by atoms with Crippen LogP contribution in [-0.4, -0.2) is 82.1 Å². The van der Waals surface area contributed by atoms with Crippen molar-refractivity contribution in [1.29, 1.82) is 0 Å². The SMILES string of the molecule is Cc1ccnc(NC(=O)c2cccc(CN3C(=O)N(Cc4cccc(C(=O)Nc5nccc(C)n5)c4)[C@H](Cc4ccccc4)[C@H](O)[C@@H](O)[C@H]3Cc3ccccc3)c2)n1. The minimum Gasteiger partial charge on any atom is -0.388 e. The molecule has 6 aromatic rings. The molecule has 294 valence electrons. The summed E-state index contributed by atoms with van der Waals surface area (Å²) in [4.78, 5) is 62.0. The van der Waals surface area contributed by atoms with Gasteiger partial charge in [-0.15, -0.1) is 0 Å². The lowest BCUT2D eigenvalue weighted by molar-refractivity contribution is -0.0408. The minimum absolute atomic E-state index is 0.00960. The van der Waals surface area contributed by atoms with E-state index in [0.29, 0.717) is 33.6 Å². The molecule has 0 aliphatic carbocycles. The number of aromatic nitrogens is 4. The number of hydrogen-bond acceptors (Lipinski definition) is 9. The zero-order valence-corrected chi connectivity index (χ0v) is 32.1. The molecule has 0 saturated carbocycles. The number of carbonyl (C=O) groups is 3. The Morgan fingerprint density at radius 3 is 1.36 bits per heavy atom. The van der Waals surface area contributed by atoms with E-state index in [1.54, 1.807) is 84.6 Å². The number of hydrogen-bond donors (Lipinski definition) is 4. The van der Waals surface area contributed by atoms with E-state index in [1.165, 1.54) is 0 Å². The molecule has 4 aromatic carbocycles. The van der Waals surface area contributed by atoms with E-state index in [4.69, 9.17) is 0 Å². The first-order valence-electron chi connectivity index (χ1n) is 19.0. The number of rotatable bonds is 12. The number of carbonyl (C=O) groups excluding carboxylic acids is 3. The fourth-order valence-electron chi connectivity index (χ4n) is 7.20. The van der Waals surface area contributed by atoms with E-state index in [1.807, 2.05) is 72.8 Å². The molecule has 1 aliphatic rings. The Bertz CT molecular complexity index is 2220. The first kappa shape index (κ1) is 39.4. The van der Waals surface area contributed by atoms with Crippen LogP contribution in [0.15, 0.2) is 134 Å². The van der Waals surface area contributed by atoms with Crippen molar-refractivity contribution < 1.29 is 24.6 Å². The van der Waals surface area contributed by atoms with Gasteiger partial charge < -0.3 is 20.0 Å². The van der Waals surface area contributed by atoms with Crippen LogP contribution in [0.3, 0.4) is 0 Å². The number of nitrogens with zero attached hydrogens (tertiary/aromatic N) is 6. The maximum atomic E-state index is 15.3. The van der Waals surface area contributed by atoms with Gasteiger partial charge in [-0.1, -0.05) is 84.9 Å². The third-order valence-electron chi connectivity index (χ3n) is 10.1. The summed E-state index contributed by atoms with van der Waals surface area (Å²) in [6, 6.07) is 34.1. The predicted molar refractivity (Wildman–Crippen MR) is 219 cm³/mol. The number of anilines is 2. The van der Waals surface area contributed by atoms with Gasteiger partial charge in [-0.25, -0.2) is 24.7 Å². The fourth-order valence-corrected chi connectivity index (χ4v) is 7.20. The van der Waals surface area contributed by atoms with Crippen molar-refractivity contribution in [2.24, 2.45) is 0 Å². The van der Waals surface area contributed by atoms with Gasteiger partial charge in [0.25, 0.3) is 11.8 Å². The van der Waals surface area contributed by atoms with Crippen LogP contribution < -0.4 is 10.6 Å². The lowest BCUT2D eigenvalue weighted by Gasteiger charge is -2.36. The minimum atomic E-state index is -1.36. The van der Waals surface area contributed by atoms with Crippen molar-refractivity contribution in [3.05, 3.63) is 178 Å². The normalized spacial score (nSPS) is 18.0. The maximum absolute atomic E-state index is 15.3. The van der Waals surface area contributed by atoms with Gasteiger partial charge in [0.05, 0.1) is 12.1 Å². The van der Waals surface area contributed by atoms with Gasteiger partial charge in [-0.3, -0.25) is 20.2 Å². The summed E-state index contributed by atoms with van der Waals surface area (Å²) in [6.07, 6.45) is 0.900. The predicted octanol–water partition coefficient (Wildman–Crippen LogP) is 5.77. The Hall–Kier alpha value is -6.83. The molecule has 0 radical (unpaired) electrons. The Balaban J connectivity index is 1.25. The molecule has 1 aliphatic heterocycles. The third-order valence-corrected chi connectivity index (χ3v) is 10.1. The molecular weight excluding hydrogens is 733 g/mol. The molecule has 7 rings (SSSR count). The first-order chi connectivity index (χ1) is 28.1. The molecule has 0 bridgehead atoms. The van der Waals surface area contributed by atoms with E-state index < -0.39 is 42.1 Å². The molecular formula is C45H44N8O5. The van der Waals surface area contributed by atoms with Gasteiger partial charge in [0.15, 0.2) is 0 Å². The highest BCUT2D eigenvalue weighted by Crippen LogP contribution is 2.30. The monoisotopic (exact) mass is 776 g/mol. The summed E-state index contributed by atoms with van der Waals surface area (Å²) in [6.45, 7) is 3.62. The lowest BCUT2D eigenvalue weighted by Crippen LogP contribution is -2.50. The number of nitrogens with one attached hydrogen (secondary N) is 2. The lowest BCUT2D eigenvalue weighted by atomic mass is 9.90. The average Bonchev–Trinajstić information content (AvgIpc) is 3.28. The molecule has 2 aromatic heterocycles. The molecule has 4 amide bonds. The van der Waals surface area contributed by atoms with Crippen LogP contribution in [-0.2, 0) is 25.9 Å². The molecule has 4 N–H and O–H groups in total. The summed E-state index contributed by atoms with van der Waals surface area (Å²) in [5.74, 6) is -0.506. The van der Waals surface area contributed by atoms with Gasteiger partial charge in [0, 0.05) is 48.0 Å². The second-order valence-electron chi connectivity index (χ2n) is 14.4. The highest BCUT2D eigenvalue weighted by Gasteiger charge is 2.46. The van der Waals surface area contributed by atoms with E-state index in [2.05, 4.69) is 30.6 Å². The van der Waals surface area contributed by atoms with Crippen LogP contribution in [0.25, 0.3) is 0 Å². The summed E-state index contributed by atoms with van der Waals surface area (Å²) in [7, 11) is 0. The van der Waals surface area contributed by atoms with E-state index >= 15 is 4.79 Å². The van der Waals surface area contributed by atoms with Crippen molar-refractivity contribution in [3.63, 3.8) is 0 Å². The Labute approximate surface area is 336 Å². The number of amides is 4. The molecule has 4 atom stereocenters. The quantitative estimate of drug-likeness (QED) is 0.120. The maximum Gasteiger partial charge on any atom is 0.321 e. The highest BCUT2D eigenvalue weighted by molar-refractivity contribution is 6.04. The molecule has 1 fully saturated rings. The van der Waals surface area contributed by atoms with Crippen LogP contribution in [0.5, 0.6) is 0 Å². The molecule has 13 heteroatoms. The van der Waals surface area contributed by atoms with Crippen LogP contribution in [0.2, 0.25) is 0 Å². The number of urea groups is 1. The Morgan fingerprint density at radius 1 is 0.569 bits per heavy atom. The van der Waals surface area contributed by atoms with Crippen molar-refractivity contribution in [1.82, 2.24) is 29.7 Å². The smallest absolute Gasteiger partial charge is 0.321 e. The zero-order chi connectivity index (χ0) is 40.6. The Morgan fingerprint density at radius 2 is 0.966 bits per heavy atom. The number of aryl methyl sites for hydroxylation is 2. The van der Waals surface area contributed by atoms with Gasteiger partial charge in [-0.05, 0) is 85.3 Å². The van der Waals surface area contributed by atoms with Crippen LogP contribution in [0.4, 0.5) is 16.7 Å². The summed E-state index contributed by atoms with van der Waals surface area (Å²) >= 11 is 0. The topological polar surface area (TPSA) is 174 Å². The molecule has 0 spiro atoms. The van der Waals surface area contributed by atoms with Crippen molar-refractivity contribution in [2.45, 2.75) is 64.1 Å². The van der Waals surface area contributed by atoms with E-state index in [0.717, 1.165) is 11.1 Å². The van der Waals surface area contributed by atoms with Gasteiger partial charge in [0.1, 0.15) is 12.2 Å². The molecule has 58 heavy (non-hydrogen) atoms. The summed E-state index contributed by atoms with van der Waals surface area (Å²) in [5, 5.41) is 29.8. The van der Waals surface area contributed by atoms with E-state index in [9.17, 15) is 19.8 Å². The fraction of sp³-hybridized carbons (Fsp3) is 0.222. The number of aliphatic hydroxyl groups excluding tert-OH is 2. The number of benzene rings is 4. The largest absolute Gasteiger partial charge is 0.388 e. The average molecular weight is 777 g/mol. The summed E-state index contributed by atoms with van der Waals surface area (Å²) < 4.78 is 0. The van der Waals surface area contributed by atoms with E-state index in [-0.39, 0.29) is 37.8 Å². The van der Waals surface area contributed by atoms with Gasteiger partial charge in [0.2, 0.25) is 11.9 Å². The third kappa shape index (κ3) is 9.57. The molecule has 0 unspecified atom stereocenters. The van der Waals surface area contributed by atoms with Crippen LogP contribution in [0.1, 0.15) is 54.4 Å². The molecule has 1 saturated heterocycles. The number of aliphatic hydroxyl groups is 2. The van der Waals surface area contributed by atoms with Crippen molar-refractivity contribution in [3.8, 4) is 0 Å². The van der Waals surface area contributed by atoms with Gasteiger partial charge >= 0.3 is 6.03 Å². The second kappa shape index (κ2) is 18.0. The zero-order valence-electron chi connectivity index (χ0n) is 32.1. The summed E-state index contributed by atoms with van der Waals surface area (Å²) in [5.41, 5.74) is 5.05. The van der Waals surface area contributed by atoms with Crippen molar-refractivity contribution >= 4 is 29.7 Å². The standard InChI is InChI=1S/C45H44N8O5/c1-29-19-21-46-43(48-29)50-41(56)35-17-9-15-33(23-35)27-52-37(25-31-11-5-3-6-12-31)39(54)40(55)38(26-32-13-7-4-8-14-32)53(45(52)58)28-34-16-10-18-36(24-34)42(57)51-44-47-22-20-30(2)49-44/h3-24,37-40,54-55H,25-28H2,1-2H3,(H,46,48,50,56)(H,47,49,51,57)/t37-,38-,39+,40+/m1/s1. The Kier molecular flexibility index (Phi) is 12.2. The first-order valence-corrected chi connectivity index (χ1v) is 19.0. The highest BCUT2D eigenvalue weighted by atomic mass is 16.3. The van der Waals surface area contributed by atoms with Gasteiger partial charge in [-0.2, -0.15) is 0 Å². The molecule has 13 nitrogen and oxygen atoms in total. The second-order valence-corrected chi connectivity index (χ2v) is 14.4. The van der Waals surface area contributed by atoms with Crippen LogP contribution >= 0.6 is 0 Å². The molecule has 3 heterocycles. The van der Waals surface area contributed by atoms with Crippen LogP contribution in [0, 0.1) is 13.8 Å².